The van der Waals surface area contributed by atoms with Crippen molar-refractivity contribution in [2.24, 2.45) is 13.0 Å². The summed E-state index contributed by atoms with van der Waals surface area (Å²) in [5, 5.41) is 4.51. The molecule has 1 aromatic rings. The van der Waals surface area contributed by atoms with Gasteiger partial charge < -0.3 is 4.90 Å². The monoisotopic (exact) mass is 277 g/mol. The number of amides is 1. The summed E-state index contributed by atoms with van der Waals surface area (Å²) in [6.45, 7) is 10.4. The molecule has 1 unspecified atom stereocenters. The van der Waals surface area contributed by atoms with Crippen LogP contribution in [0.15, 0.2) is 6.07 Å². The molecule has 0 aromatic carbocycles. The van der Waals surface area contributed by atoms with Gasteiger partial charge in [-0.1, -0.05) is 27.7 Å². The van der Waals surface area contributed by atoms with Crippen LogP contribution in [0.4, 0.5) is 0 Å². The Kier molecular flexibility index (Phi) is 4.21. The van der Waals surface area contributed by atoms with Crippen molar-refractivity contribution in [1.82, 2.24) is 14.7 Å². The summed E-state index contributed by atoms with van der Waals surface area (Å²) in [5.74, 6) is 0.856. The van der Waals surface area contributed by atoms with Crippen molar-refractivity contribution in [3.8, 4) is 0 Å². The molecule has 0 spiro atoms. The van der Waals surface area contributed by atoms with E-state index in [1.54, 1.807) is 4.68 Å². The van der Waals surface area contributed by atoms with Crippen LogP contribution in [0.5, 0.6) is 0 Å². The number of aryl methyl sites for hydroxylation is 1. The smallest absolute Gasteiger partial charge is 0.272 e. The maximum Gasteiger partial charge on any atom is 0.272 e. The summed E-state index contributed by atoms with van der Waals surface area (Å²) in [6.07, 6.45) is 3.44. The standard InChI is InChI=1S/C16H27N3O/c1-12-7-6-9-19(10-8-12)15(20)13-11-14(16(2,3)4)17-18(13)5/h11-12H,6-10H2,1-5H3. The maximum absolute atomic E-state index is 12.7. The molecule has 0 aliphatic carbocycles. The average Bonchev–Trinajstić information content (AvgIpc) is 2.61. The minimum absolute atomic E-state index is 0.0242. The minimum Gasteiger partial charge on any atom is -0.337 e. The van der Waals surface area contributed by atoms with E-state index in [4.69, 9.17) is 0 Å². The Labute approximate surface area is 122 Å². The first-order valence-electron chi connectivity index (χ1n) is 7.63. The topological polar surface area (TPSA) is 38.1 Å². The first kappa shape index (κ1) is 15.1. The Bertz CT molecular complexity index is 484. The number of hydrogen-bond donors (Lipinski definition) is 0. The van der Waals surface area contributed by atoms with Crippen LogP contribution < -0.4 is 0 Å². The molecule has 1 fully saturated rings. The third kappa shape index (κ3) is 3.22. The third-order valence-corrected chi connectivity index (χ3v) is 4.17. The zero-order valence-corrected chi connectivity index (χ0v) is 13.4. The summed E-state index contributed by atoms with van der Waals surface area (Å²) in [4.78, 5) is 14.7. The molecule has 0 saturated carbocycles. The summed E-state index contributed by atoms with van der Waals surface area (Å²) in [7, 11) is 1.86. The van der Waals surface area contributed by atoms with Crippen LogP contribution in [0.2, 0.25) is 0 Å². The van der Waals surface area contributed by atoms with Gasteiger partial charge in [-0.15, -0.1) is 0 Å². The van der Waals surface area contributed by atoms with E-state index in [0.29, 0.717) is 5.69 Å². The van der Waals surface area contributed by atoms with Gasteiger partial charge in [0, 0.05) is 25.6 Å². The highest BCUT2D eigenvalue weighted by atomic mass is 16.2. The number of carbonyl (C=O) groups excluding carboxylic acids is 1. The van der Waals surface area contributed by atoms with Crippen molar-refractivity contribution >= 4 is 5.91 Å². The Hall–Kier alpha value is -1.32. The fourth-order valence-electron chi connectivity index (χ4n) is 2.66. The van der Waals surface area contributed by atoms with Crippen LogP contribution in [0, 0.1) is 5.92 Å². The van der Waals surface area contributed by atoms with Crippen molar-refractivity contribution in [3.05, 3.63) is 17.5 Å². The van der Waals surface area contributed by atoms with Crippen LogP contribution in [0.25, 0.3) is 0 Å². The van der Waals surface area contributed by atoms with Crippen LogP contribution in [-0.4, -0.2) is 33.7 Å². The maximum atomic E-state index is 12.7. The molecule has 1 aliphatic heterocycles. The third-order valence-electron chi connectivity index (χ3n) is 4.17. The van der Waals surface area contributed by atoms with Crippen LogP contribution in [-0.2, 0) is 12.5 Å². The first-order chi connectivity index (χ1) is 9.29. The van der Waals surface area contributed by atoms with Crippen molar-refractivity contribution in [2.45, 2.75) is 52.4 Å². The highest BCUT2D eigenvalue weighted by Gasteiger charge is 2.25. The lowest BCUT2D eigenvalue weighted by atomic mass is 9.92. The van der Waals surface area contributed by atoms with Crippen molar-refractivity contribution in [1.29, 1.82) is 0 Å². The molecule has 2 heterocycles. The van der Waals surface area contributed by atoms with Crippen molar-refractivity contribution in [3.63, 3.8) is 0 Å². The molecule has 4 nitrogen and oxygen atoms in total. The lowest BCUT2D eigenvalue weighted by Gasteiger charge is -2.20. The van der Waals surface area contributed by atoms with Gasteiger partial charge in [-0.3, -0.25) is 9.48 Å². The molecule has 112 valence electrons. The van der Waals surface area contributed by atoms with E-state index in [9.17, 15) is 4.79 Å². The lowest BCUT2D eigenvalue weighted by Crippen LogP contribution is -2.33. The molecule has 1 aliphatic rings. The molecule has 1 saturated heterocycles. The normalized spacial score (nSPS) is 20.9. The fourth-order valence-corrected chi connectivity index (χ4v) is 2.66. The average molecular weight is 277 g/mol. The number of nitrogens with zero attached hydrogens (tertiary/aromatic N) is 3. The van der Waals surface area contributed by atoms with Gasteiger partial charge in [0.05, 0.1) is 5.69 Å². The quantitative estimate of drug-likeness (QED) is 0.791. The van der Waals surface area contributed by atoms with Crippen molar-refractivity contribution in [2.75, 3.05) is 13.1 Å². The molecule has 2 rings (SSSR count). The molecule has 0 N–H and O–H groups in total. The van der Waals surface area contributed by atoms with Gasteiger partial charge in [-0.25, -0.2) is 0 Å². The lowest BCUT2D eigenvalue weighted by molar-refractivity contribution is 0.0749. The van der Waals surface area contributed by atoms with E-state index >= 15 is 0 Å². The van der Waals surface area contributed by atoms with Crippen LogP contribution in [0.3, 0.4) is 0 Å². The summed E-state index contributed by atoms with van der Waals surface area (Å²) >= 11 is 0. The summed E-state index contributed by atoms with van der Waals surface area (Å²) in [6, 6.07) is 1.96. The van der Waals surface area contributed by atoms with Gasteiger partial charge in [0.2, 0.25) is 0 Å². The van der Waals surface area contributed by atoms with E-state index in [1.165, 1.54) is 6.42 Å². The second-order valence-corrected chi connectivity index (χ2v) is 7.12. The predicted molar refractivity (Wildman–Crippen MR) is 80.8 cm³/mol. The number of aromatic nitrogens is 2. The van der Waals surface area contributed by atoms with E-state index in [-0.39, 0.29) is 11.3 Å². The Morgan fingerprint density at radius 2 is 2.00 bits per heavy atom. The van der Waals surface area contributed by atoms with E-state index in [2.05, 4.69) is 32.8 Å². The largest absolute Gasteiger partial charge is 0.337 e. The second kappa shape index (κ2) is 5.58. The predicted octanol–water partition coefficient (Wildman–Crippen LogP) is 2.98. The van der Waals surface area contributed by atoms with Gasteiger partial charge in [-0.2, -0.15) is 5.10 Å². The van der Waals surface area contributed by atoms with Gasteiger partial charge >= 0.3 is 0 Å². The SMILES string of the molecule is CC1CCCN(C(=O)c2cc(C(C)(C)C)nn2C)CC1. The zero-order valence-electron chi connectivity index (χ0n) is 13.4. The molecular weight excluding hydrogens is 250 g/mol. The second-order valence-electron chi connectivity index (χ2n) is 7.12. The first-order valence-corrected chi connectivity index (χ1v) is 7.63. The molecule has 1 aromatic heterocycles. The summed E-state index contributed by atoms with van der Waals surface area (Å²) in [5.41, 5.74) is 1.67. The molecular formula is C16H27N3O. The van der Waals surface area contributed by atoms with Crippen LogP contribution >= 0.6 is 0 Å². The molecule has 1 atom stereocenters. The van der Waals surface area contributed by atoms with Crippen molar-refractivity contribution < 1.29 is 4.79 Å². The van der Waals surface area contributed by atoms with E-state index < -0.39 is 0 Å². The zero-order chi connectivity index (χ0) is 14.9. The number of carbonyl (C=O) groups is 1. The highest BCUT2D eigenvalue weighted by molar-refractivity contribution is 5.92. The Morgan fingerprint density at radius 1 is 1.30 bits per heavy atom. The minimum atomic E-state index is -0.0242. The molecule has 0 radical (unpaired) electrons. The van der Waals surface area contributed by atoms with Gasteiger partial charge in [0.25, 0.3) is 5.91 Å². The molecule has 0 bridgehead atoms. The molecule has 20 heavy (non-hydrogen) atoms. The van der Waals surface area contributed by atoms with Gasteiger partial charge in [0.1, 0.15) is 5.69 Å². The van der Waals surface area contributed by atoms with E-state index in [1.807, 2.05) is 18.0 Å². The van der Waals surface area contributed by atoms with E-state index in [0.717, 1.165) is 37.5 Å². The highest BCUT2D eigenvalue weighted by Crippen LogP contribution is 2.23. The fraction of sp³-hybridized carbons (Fsp3) is 0.750. The van der Waals surface area contributed by atoms with Crippen LogP contribution in [0.1, 0.15) is 63.1 Å². The molecule has 4 heteroatoms. The number of hydrogen-bond acceptors (Lipinski definition) is 2. The van der Waals surface area contributed by atoms with Gasteiger partial charge in [-0.05, 0) is 31.2 Å². The Balaban J connectivity index is 2.18. The number of rotatable bonds is 1. The molecule has 1 amide bonds. The van der Waals surface area contributed by atoms with Gasteiger partial charge in [0.15, 0.2) is 0 Å². The summed E-state index contributed by atoms with van der Waals surface area (Å²) < 4.78 is 1.73. The number of likely N-dealkylation sites (tertiary alicyclic amines) is 1. The Morgan fingerprint density at radius 3 is 2.60 bits per heavy atom.